The lowest BCUT2D eigenvalue weighted by molar-refractivity contribution is 0.0941. The fourth-order valence-corrected chi connectivity index (χ4v) is 2.48. The largest absolute Gasteiger partial charge is 0.349 e. The fraction of sp³-hybridized carbons (Fsp3) is 0.133. The van der Waals surface area contributed by atoms with E-state index in [2.05, 4.69) is 21.2 Å². The molecular weight excluding hydrogens is 345 g/mol. The summed E-state index contributed by atoms with van der Waals surface area (Å²) in [5, 5.41) is 2.92. The van der Waals surface area contributed by atoms with Gasteiger partial charge in [0.15, 0.2) is 0 Å². The maximum absolute atomic E-state index is 14.1. The summed E-state index contributed by atoms with van der Waals surface area (Å²) in [6, 6.07) is 13.7. The number of hydrogen-bond donors (Lipinski definition) is 1. The molecule has 5 heteroatoms. The molecule has 0 aromatic heterocycles. The smallest absolute Gasteiger partial charge is 0.252 e. The molecule has 0 saturated heterocycles. The van der Waals surface area contributed by atoms with Gasteiger partial charge in [0.1, 0.15) is 6.17 Å². The van der Waals surface area contributed by atoms with Crippen molar-refractivity contribution in [3.05, 3.63) is 69.2 Å². The Morgan fingerprint density at radius 1 is 1.20 bits per heavy atom. The van der Waals surface area contributed by atoms with Gasteiger partial charge in [-0.05, 0) is 34.1 Å². The van der Waals surface area contributed by atoms with Crippen molar-refractivity contribution >= 4 is 33.4 Å². The second-order valence-corrected chi connectivity index (χ2v) is 5.44. The third-order valence-corrected chi connectivity index (χ3v) is 3.84. The summed E-state index contributed by atoms with van der Waals surface area (Å²) >= 11 is 9.20. The van der Waals surface area contributed by atoms with E-state index in [-0.39, 0.29) is 12.5 Å². The maximum Gasteiger partial charge on any atom is 0.252 e. The number of halogens is 3. The molecule has 2 rings (SSSR count). The number of carbonyl (C=O) groups is 1. The van der Waals surface area contributed by atoms with E-state index in [1.807, 2.05) is 6.07 Å². The Morgan fingerprint density at radius 3 is 2.55 bits per heavy atom. The van der Waals surface area contributed by atoms with Gasteiger partial charge in [-0.3, -0.25) is 4.79 Å². The van der Waals surface area contributed by atoms with E-state index in [9.17, 15) is 9.18 Å². The zero-order chi connectivity index (χ0) is 14.5. The predicted octanol–water partition coefficient (Wildman–Crippen LogP) is 4.54. The summed E-state index contributed by atoms with van der Waals surface area (Å²) in [5.74, 6) is -0.327. The number of alkyl halides is 1. The van der Waals surface area contributed by atoms with Crippen LogP contribution in [0.1, 0.15) is 22.1 Å². The van der Waals surface area contributed by atoms with E-state index in [4.69, 9.17) is 11.6 Å². The van der Waals surface area contributed by atoms with Crippen molar-refractivity contribution in [2.24, 2.45) is 0 Å². The van der Waals surface area contributed by atoms with Crippen molar-refractivity contribution in [3.63, 3.8) is 0 Å². The van der Waals surface area contributed by atoms with Gasteiger partial charge < -0.3 is 5.32 Å². The van der Waals surface area contributed by atoms with Gasteiger partial charge in [0.25, 0.3) is 5.91 Å². The monoisotopic (exact) mass is 355 g/mol. The Labute approximate surface area is 130 Å². The Balaban J connectivity index is 2.01. The van der Waals surface area contributed by atoms with Gasteiger partial charge in [0.2, 0.25) is 0 Å². The average Bonchev–Trinajstić information content (AvgIpc) is 2.45. The molecule has 0 bridgehead atoms. The molecule has 0 heterocycles. The highest BCUT2D eigenvalue weighted by atomic mass is 79.9. The number of nitrogens with one attached hydrogen (secondary N) is 1. The zero-order valence-corrected chi connectivity index (χ0v) is 12.8. The molecule has 0 saturated carbocycles. The molecule has 0 aliphatic rings. The lowest BCUT2D eigenvalue weighted by atomic mass is 10.1. The van der Waals surface area contributed by atoms with Crippen LogP contribution in [0, 0.1) is 0 Å². The summed E-state index contributed by atoms with van der Waals surface area (Å²) < 4.78 is 14.7. The zero-order valence-electron chi connectivity index (χ0n) is 10.4. The van der Waals surface area contributed by atoms with Crippen LogP contribution in [0.5, 0.6) is 0 Å². The number of hydrogen-bond acceptors (Lipinski definition) is 1. The van der Waals surface area contributed by atoms with Gasteiger partial charge in [-0.15, -0.1) is 0 Å². The molecule has 0 aliphatic carbocycles. The van der Waals surface area contributed by atoms with Crippen LogP contribution in [0.3, 0.4) is 0 Å². The van der Waals surface area contributed by atoms with Crippen LogP contribution in [0.25, 0.3) is 0 Å². The van der Waals surface area contributed by atoms with E-state index < -0.39 is 6.17 Å². The van der Waals surface area contributed by atoms with Gasteiger partial charge in [0, 0.05) is 15.1 Å². The van der Waals surface area contributed by atoms with Crippen LogP contribution < -0.4 is 5.32 Å². The van der Waals surface area contributed by atoms with Crippen LogP contribution in [-0.4, -0.2) is 12.5 Å². The SMILES string of the molecule is O=C(NC[C@@H](F)c1ccccc1Cl)c1ccccc1Br. The molecule has 0 fully saturated rings. The number of benzene rings is 2. The van der Waals surface area contributed by atoms with Gasteiger partial charge in [-0.25, -0.2) is 4.39 Å². The number of carbonyl (C=O) groups excluding carboxylic acids is 1. The van der Waals surface area contributed by atoms with E-state index in [1.54, 1.807) is 42.5 Å². The second-order valence-electron chi connectivity index (χ2n) is 4.18. The quantitative estimate of drug-likeness (QED) is 0.856. The minimum Gasteiger partial charge on any atom is -0.349 e. The molecule has 2 nitrogen and oxygen atoms in total. The van der Waals surface area contributed by atoms with Gasteiger partial charge in [0.05, 0.1) is 12.1 Å². The van der Waals surface area contributed by atoms with Crippen molar-refractivity contribution in [1.82, 2.24) is 5.32 Å². The number of amides is 1. The van der Waals surface area contributed by atoms with Crippen LogP contribution in [0.15, 0.2) is 53.0 Å². The van der Waals surface area contributed by atoms with E-state index in [0.717, 1.165) is 0 Å². The molecule has 1 N–H and O–H groups in total. The molecule has 1 atom stereocenters. The molecule has 2 aromatic rings. The highest BCUT2D eigenvalue weighted by molar-refractivity contribution is 9.10. The summed E-state index contributed by atoms with van der Waals surface area (Å²) in [7, 11) is 0. The van der Waals surface area contributed by atoms with Gasteiger partial charge in [-0.2, -0.15) is 0 Å². The predicted molar refractivity (Wildman–Crippen MR) is 81.8 cm³/mol. The molecule has 0 unspecified atom stereocenters. The lowest BCUT2D eigenvalue weighted by Gasteiger charge is -2.12. The summed E-state index contributed by atoms with van der Waals surface area (Å²) in [4.78, 5) is 11.9. The Kier molecular flexibility index (Phi) is 5.15. The fourth-order valence-electron chi connectivity index (χ4n) is 1.76. The minimum atomic E-state index is -1.34. The Morgan fingerprint density at radius 2 is 1.85 bits per heavy atom. The molecule has 0 radical (unpaired) electrons. The topological polar surface area (TPSA) is 29.1 Å². The Bertz CT molecular complexity index is 620. The molecule has 1 amide bonds. The molecule has 104 valence electrons. The van der Waals surface area contributed by atoms with Crippen molar-refractivity contribution in [2.75, 3.05) is 6.54 Å². The van der Waals surface area contributed by atoms with Crippen molar-refractivity contribution < 1.29 is 9.18 Å². The summed E-state index contributed by atoms with van der Waals surface area (Å²) in [5.41, 5.74) is 0.848. The van der Waals surface area contributed by atoms with Crippen LogP contribution >= 0.6 is 27.5 Å². The Hall–Kier alpha value is -1.39. The normalized spacial score (nSPS) is 11.9. The first-order valence-corrected chi connectivity index (χ1v) is 7.18. The molecule has 20 heavy (non-hydrogen) atoms. The average molecular weight is 357 g/mol. The van der Waals surface area contributed by atoms with Crippen LogP contribution in [0.2, 0.25) is 5.02 Å². The van der Waals surface area contributed by atoms with Gasteiger partial charge in [-0.1, -0.05) is 41.9 Å². The number of rotatable bonds is 4. The highest BCUT2D eigenvalue weighted by Crippen LogP contribution is 2.25. The molecular formula is C15H12BrClFNO. The third kappa shape index (κ3) is 3.58. The highest BCUT2D eigenvalue weighted by Gasteiger charge is 2.15. The molecule has 0 spiro atoms. The van der Waals surface area contributed by atoms with Gasteiger partial charge >= 0.3 is 0 Å². The molecule has 0 aliphatic heterocycles. The summed E-state index contributed by atoms with van der Waals surface area (Å²) in [6.45, 7) is -0.121. The lowest BCUT2D eigenvalue weighted by Crippen LogP contribution is -2.27. The first-order chi connectivity index (χ1) is 9.59. The second kappa shape index (κ2) is 6.86. The maximum atomic E-state index is 14.1. The summed E-state index contributed by atoms with van der Waals surface area (Å²) in [6.07, 6.45) is -1.34. The third-order valence-electron chi connectivity index (χ3n) is 2.80. The van der Waals surface area contributed by atoms with Crippen LogP contribution in [0.4, 0.5) is 4.39 Å². The standard InChI is InChI=1S/C15H12BrClFNO/c16-12-7-3-1-5-10(12)15(20)19-9-14(18)11-6-2-4-8-13(11)17/h1-8,14H,9H2,(H,19,20)/t14-/m1/s1. The first-order valence-electron chi connectivity index (χ1n) is 6.01. The van der Waals surface area contributed by atoms with Crippen molar-refractivity contribution in [2.45, 2.75) is 6.17 Å². The van der Waals surface area contributed by atoms with Crippen molar-refractivity contribution in [3.8, 4) is 0 Å². The first kappa shape index (κ1) is 15.0. The van der Waals surface area contributed by atoms with Crippen LogP contribution in [-0.2, 0) is 0 Å². The van der Waals surface area contributed by atoms with E-state index in [1.165, 1.54) is 0 Å². The van der Waals surface area contributed by atoms with Crippen molar-refractivity contribution in [1.29, 1.82) is 0 Å². The van der Waals surface area contributed by atoms with E-state index >= 15 is 0 Å². The molecule has 2 aromatic carbocycles. The van der Waals surface area contributed by atoms with E-state index in [0.29, 0.717) is 20.6 Å². The minimum absolute atomic E-state index is 0.121.